The van der Waals surface area contributed by atoms with Crippen LogP contribution in [0.2, 0.25) is 0 Å². The van der Waals surface area contributed by atoms with Gasteiger partial charge in [-0.2, -0.15) is 0 Å². The van der Waals surface area contributed by atoms with Crippen molar-refractivity contribution in [1.82, 2.24) is 9.88 Å². The van der Waals surface area contributed by atoms with Crippen LogP contribution in [0.15, 0.2) is 36.7 Å². The van der Waals surface area contributed by atoms with E-state index < -0.39 is 0 Å². The first-order valence-corrected chi connectivity index (χ1v) is 6.90. The fraction of sp³-hybridized carbons (Fsp3) is 0.312. The average molecular weight is 269 g/mol. The zero-order valence-electron chi connectivity index (χ0n) is 11.8. The number of carbonyl (C=O) groups excluding carboxylic acids is 1. The molecule has 4 heteroatoms. The third-order valence-electron chi connectivity index (χ3n) is 3.64. The molecule has 3 rings (SSSR count). The van der Waals surface area contributed by atoms with Gasteiger partial charge in [-0.25, -0.2) is 0 Å². The predicted octanol–water partition coefficient (Wildman–Crippen LogP) is 2.31. The van der Waals surface area contributed by atoms with Gasteiger partial charge < -0.3 is 15.2 Å². The van der Waals surface area contributed by atoms with Gasteiger partial charge in [0.15, 0.2) is 0 Å². The fourth-order valence-electron chi connectivity index (χ4n) is 2.64. The van der Waals surface area contributed by atoms with Crippen molar-refractivity contribution in [3.8, 4) is 0 Å². The van der Waals surface area contributed by atoms with Crippen molar-refractivity contribution in [3.63, 3.8) is 0 Å². The minimum Gasteiger partial charge on any atom is -0.382 e. The van der Waals surface area contributed by atoms with Crippen molar-refractivity contribution in [2.45, 2.75) is 25.9 Å². The quantitative estimate of drug-likeness (QED) is 0.898. The molecule has 0 bridgehead atoms. The number of nitrogens with zero attached hydrogens (tertiary/aromatic N) is 1. The Morgan fingerprint density at radius 2 is 2.30 bits per heavy atom. The smallest absolute Gasteiger partial charge is 0.253 e. The highest BCUT2D eigenvalue weighted by atomic mass is 16.1. The van der Waals surface area contributed by atoms with Crippen LogP contribution in [0.25, 0.3) is 0 Å². The van der Waals surface area contributed by atoms with E-state index in [-0.39, 0.29) is 5.91 Å². The standard InChI is InChI=1S/C16H19N3O/c1-11-7-14-8-12(3-4-15(14)18-11)9-17-16(20)13-5-6-19(2)10-13/h3-6,8,10-11,18H,7,9H2,1-2H3,(H,17,20). The van der Waals surface area contributed by atoms with Crippen molar-refractivity contribution < 1.29 is 4.79 Å². The summed E-state index contributed by atoms with van der Waals surface area (Å²) in [5.74, 6) is -0.0300. The average Bonchev–Trinajstić information content (AvgIpc) is 3.00. The SMILES string of the molecule is CC1Cc2cc(CNC(=O)c3ccn(C)c3)ccc2N1. The Morgan fingerprint density at radius 1 is 1.45 bits per heavy atom. The van der Waals surface area contributed by atoms with E-state index in [9.17, 15) is 4.79 Å². The highest BCUT2D eigenvalue weighted by Gasteiger charge is 2.16. The van der Waals surface area contributed by atoms with Crippen LogP contribution < -0.4 is 10.6 Å². The maximum Gasteiger partial charge on any atom is 0.253 e. The molecule has 1 aliphatic rings. The highest BCUT2D eigenvalue weighted by molar-refractivity contribution is 5.93. The molecule has 0 radical (unpaired) electrons. The fourth-order valence-corrected chi connectivity index (χ4v) is 2.64. The Labute approximate surface area is 118 Å². The number of anilines is 1. The predicted molar refractivity (Wildman–Crippen MR) is 79.8 cm³/mol. The number of nitrogens with one attached hydrogen (secondary N) is 2. The van der Waals surface area contributed by atoms with Crippen LogP contribution in [0, 0.1) is 0 Å². The first kappa shape index (κ1) is 12.8. The van der Waals surface area contributed by atoms with E-state index in [2.05, 4.69) is 35.8 Å². The second-order valence-electron chi connectivity index (χ2n) is 5.49. The lowest BCUT2D eigenvalue weighted by atomic mass is 10.1. The first-order chi connectivity index (χ1) is 9.61. The maximum absolute atomic E-state index is 12.0. The van der Waals surface area contributed by atoms with Crippen molar-refractivity contribution in [3.05, 3.63) is 53.3 Å². The zero-order valence-corrected chi connectivity index (χ0v) is 11.8. The lowest BCUT2D eigenvalue weighted by Gasteiger charge is -2.06. The molecule has 0 saturated heterocycles. The Morgan fingerprint density at radius 3 is 3.05 bits per heavy atom. The van der Waals surface area contributed by atoms with E-state index in [1.807, 2.05) is 30.1 Å². The van der Waals surface area contributed by atoms with Crippen molar-refractivity contribution in [2.24, 2.45) is 7.05 Å². The number of hydrogen-bond acceptors (Lipinski definition) is 2. The van der Waals surface area contributed by atoms with Crippen molar-refractivity contribution in [2.75, 3.05) is 5.32 Å². The van der Waals surface area contributed by atoms with E-state index in [1.54, 1.807) is 0 Å². The number of hydrogen-bond donors (Lipinski definition) is 2. The zero-order chi connectivity index (χ0) is 14.1. The first-order valence-electron chi connectivity index (χ1n) is 6.90. The summed E-state index contributed by atoms with van der Waals surface area (Å²) >= 11 is 0. The molecule has 1 unspecified atom stereocenters. The lowest BCUT2D eigenvalue weighted by Crippen LogP contribution is -2.22. The van der Waals surface area contributed by atoms with Gasteiger partial charge in [-0.05, 0) is 36.6 Å². The second kappa shape index (κ2) is 5.04. The van der Waals surface area contributed by atoms with Gasteiger partial charge in [0.1, 0.15) is 0 Å². The van der Waals surface area contributed by atoms with Crippen LogP contribution in [0.1, 0.15) is 28.4 Å². The van der Waals surface area contributed by atoms with Gasteiger partial charge >= 0.3 is 0 Å². The minimum absolute atomic E-state index is 0.0300. The Hall–Kier alpha value is -2.23. The van der Waals surface area contributed by atoms with Gasteiger partial charge in [0.25, 0.3) is 5.91 Å². The van der Waals surface area contributed by atoms with E-state index in [0.717, 1.165) is 12.0 Å². The molecule has 1 aromatic carbocycles. The van der Waals surface area contributed by atoms with Crippen LogP contribution in [-0.4, -0.2) is 16.5 Å². The number of amides is 1. The number of carbonyl (C=O) groups is 1. The molecule has 20 heavy (non-hydrogen) atoms. The van der Waals surface area contributed by atoms with Crippen LogP contribution in [0.4, 0.5) is 5.69 Å². The molecular formula is C16H19N3O. The molecule has 1 aliphatic heterocycles. The summed E-state index contributed by atoms with van der Waals surface area (Å²) in [4.78, 5) is 12.0. The molecule has 4 nitrogen and oxygen atoms in total. The third-order valence-corrected chi connectivity index (χ3v) is 3.64. The molecule has 2 N–H and O–H groups in total. The monoisotopic (exact) mass is 269 g/mol. The summed E-state index contributed by atoms with van der Waals surface area (Å²) in [5, 5.41) is 6.39. The summed E-state index contributed by atoms with van der Waals surface area (Å²) in [5.41, 5.74) is 4.40. The van der Waals surface area contributed by atoms with Gasteiger partial charge in [-0.1, -0.05) is 12.1 Å². The molecule has 1 atom stereocenters. The summed E-state index contributed by atoms with van der Waals surface area (Å²) in [6.45, 7) is 2.74. The molecule has 104 valence electrons. The number of benzene rings is 1. The maximum atomic E-state index is 12.0. The van der Waals surface area contributed by atoms with Crippen LogP contribution in [-0.2, 0) is 20.0 Å². The molecule has 0 saturated carbocycles. The van der Waals surface area contributed by atoms with Crippen molar-refractivity contribution >= 4 is 11.6 Å². The molecule has 2 aromatic rings. The second-order valence-corrected chi connectivity index (χ2v) is 5.49. The topological polar surface area (TPSA) is 46.1 Å². The van der Waals surface area contributed by atoms with Gasteiger partial charge in [0.2, 0.25) is 0 Å². The van der Waals surface area contributed by atoms with E-state index in [4.69, 9.17) is 0 Å². The summed E-state index contributed by atoms with van der Waals surface area (Å²) < 4.78 is 1.87. The van der Waals surface area contributed by atoms with Crippen LogP contribution in [0.5, 0.6) is 0 Å². The number of aromatic nitrogens is 1. The molecular weight excluding hydrogens is 250 g/mol. The normalized spacial score (nSPS) is 16.6. The lowest BCUT2D eigenvalue weighted by molar-refractivity contribution is 0.0951. The molecule has 0 aliphatic carbocycles. The van der Waals surface area contributed by atoms with Gasteiger partial charge in [0.05, 0.1) is 5.56 Å². The summed E-state index contributed by atoms with van der Waals surface area (Å²) in [6.07, 6.45) is 4.75. The molecule has 1 amide bonds. The summed E-state index contributed by atoms with van der Waals surface area (Å²) in [6, 6.07) is 8.66. The van der Waals surface area contributed by atoms with Gasteiger partial charge in [-0.3, -0.25) is 4.79 Å². The van der Waals surface area contributed by atoms with Gasteiger partial charge in [-0.15, -0.1) is 0 Å². The molecule has 0 spiro atoms. The Balaban J connectivity index is 1.64. The number of fused-ring (bicyclic) bond motifs is 1. The van der Waals surface area contributed by atoms with E-state index in [1.165, 1.54) is 11.3 Å². The van der Waals surface area contributed by atoms with Crippen molar-refractivity contribution in [1.29, 1.82) is 0 Å². The van der Waals surface area contributed by atoms with Crippen LogP contribution in [0.3, 0.4) is 0 Å². The Kier molecular flexibility index (Phi) is 3.22. The van der Waals surface area contributed by atoms with Crippen LogP contribution >= 0.6 is 0 Å². The number of rotatable bonds is 3. The largest absolute Gasteiger partial charge is 0.382 e. The highest BCUT2D eigenvalue weighted by Crippen LogP contribution is 2.26. The molecule has 1 aromatic heterocycles. The Bertz CT molecular complexity index is 645. The van der Waals surface area contributed by atoms with E-state index >= 15 is 0 Å². The summed E-state index contributed by atoms with van der Waals surface area (Å²) in [7, 11) is 1.91. The third kappa shape index (κ3) is 2.54. The van der Waals surface area contributed by atoms with E-state index in [0.29, 0.717) is 18.2 Å². The van der Waals surface area contributed by atoms with Gasteiger partial charge in [0, 0.05) is 37.7 Å². The minimum atomic E-state index is -0.0300. The number of aryl methyl sites for hydroxylation is 1. The molecule has 2 heterocycles. The molecule has 0 fully saturated rings.